The Hall–Kier alpha value is -2.66. The van der Waals surface area contributed by atoms with Crippen LogP contribution >= 0.6 is 11.6 Å². The largest absolute Gasteiger partial charge is 0.481 e. The predicted molar refractivity (Wildman–Crippen MR) is 90.0 cm³/mol. The fourth-order valence-corrected chi connectivity index (χ4v) is 3.02. The van der Waals surface area contributed by atoms with E-state index in [1.54, 1.807) is 13.2 Å². The fraction of sp³-hybridized carbons (Fsp3) is 0.118. The molecule has 1 aromatic carbocycles. The van der Waals surface area contributed by atoms with Crippen LogP contribution in [-0.4, -0.2) is 26.5 Å². The van der Waals surface area contributed by atoms with E-state index in [0.29, 0.717) is 22.2 Å². The van der Waals surface area contributed by atoms with E-state index < -0.39 is 0 Å². The van der Waals surface area contributed by atoms with Gasteiger partial charge in [-0.15, -0.1) is 0 Å². The Bertz CT molecular complexity index is 1030. The van der Waals surface area contributed by atoms with Gasteiger partial charge in [-0.2, -0.15) is 4.98 Å². The summed E-state index contributed by atoms with van der Waals surface area (Å²) in [4.78, 5) is 13.7. The fourth-order valence-electron chi connectivity index (χ4n) is 2.71. The summed E-state index contributed by atoms with van der Waals surface area (Å²) in [7, 11) is 1.59. The highest BCUT2D eigenvalue weighted by Crippen LogP contribution is 2.30. The van der Waals surface area contributed by atoms with Crippen LogP contribution in [0.15, 0.2) is 42.5 Å². The molecule has 0 amide bonds. The van der Waals surface area contributed by atoms with Crippen LogP contribution in [-0.2, 0) is 0 Å². The smallest absolute Gasteiger partial charge is 0.215 e. The molecule has 4 rings (SSSR count). The Labute approximate surface area is 137 Å². The molecular weight excluding hydrogens is 312 g/mol. The summed E-state index contributed by atoms with van der Waals surface area (Å²) >= 11 is 6.38. The maximum absolute atomic E-state index is 6.38. The number of ether oxygens (including phenoxy) is 1. The summed E-state index contributed by atoms with van der Waals surface area (Å²) in [5.74, 6) is 1.31. The molecule has 3 heterocycles. The van der Waals surface area contributed by atoms with Crippen molar-refractivity contribution >= 4 is 28.3 Å². The van der Waals surface area contributed by atoms with Crippen molar-refractivity contribution in [2.75, 3.05) is 7.11 Å². The van der Waals surface area contributed by atoms with Crippen LogP contribution in [0, 0.1) is 6.92 Å². The first-order chi connectivity index (χ1) is 11.2. The van der Waals surface area contributed by atoms with Gasteiger partial charge >= 0.3 is 0 Å². The number of nitrogens with zero attached hydrogens (tertiary/aromatic N) is 4. The molecule has 0 unspecified atom stereocenters. The Morgan fingerprint density at radius 3 is 2.52 bits per heavy atom. The molecule has 5 nitrogen and oxygen atoms in total. The van der Waals surface area contributed by atoms with Gasteiger partial charge in [0, 0.05) is 11.6 Å². The number of benzene rings is 1. The van der Waals surface area contributed by atoms with Crippen molar-refractivity contribution in [3.63, 3.8) is 0 Å². The first-order valence-corrected chi connectivity index (χ1v) is 7.51. The minimum Gasteiger partial charge on any atom is -0.481 e. The van der Waals surface area contributed by atoms with Gasteiger partial charge in [-0.25, -0.2) is 9.97 Å². The number of halogens is 1. The Morgan fingerprint density at radius 1 is 1.00 bits per heavy atom. The van der Waals surface area contributed by atoms with Crippen molar-refractivity contribution in [1.29, 1.82) is 0 Å². The Kier molecular flexibility index (Phi) is 3.16. The standard InChI is InChI=1S/C17H13ClN4O/c1-10-14-15(18)20-12-8-9-13(23-2)21-17(12)22(14)16(19-10)11-6-4-3-5-7-11/h3-9H,1-2H3. The van der Waals surface area contributed by atoms with Crippen molar-refractivity contribution in [1.82, 2.24) is 19.4 Å². The summed E-state index contributed by atoms with van der Waals surface area (Å²) < 4.78 is 7.19. The van der Waals surface area contributed by atoms with Crippen molar-refractivity contribution in [2.45, 2.75) is 6.92 Å². The number of aromatic nitrogens is 4. The number of hydrogen-bond acceptors (Lipinski definition) is 4. The van der Waals surface area contributed by atoms with Gasteiger partial charge < -0.3 is 4.74 Å². The van der Waals surface area contributed by atoms with Gasteiger partial charge in [0.25, 0.3) is 0 Å². The number of rotatable bonds is 2. The third-order valence-electron chi connectivity index (χ3n) is 3.75. The molecule has 0 bridgehead atoms. The van der Waals surface area contributed by atoms with Crippen LogP contribution in [0.25, 0.3) is 28.1 Å². The van der Waals surface area contributed by atoms with Crippen molar-refractivity contribution in [3.8, 4) is 17.3 Å². The topological polar surface area (TPSA) is 52.3 Å². The van der Waals surface area contributed by atoms with Crippen LogP contribution in [0.5, 0.6) is 5.88 Å². The lowest BCUT2D eigenvalue weighted by atomic mass is 10.2. The second-order valence-electron chi connectivity index (χ2n) is 5.17. The molecule has 0 radical (unpaired) electrons. The van der Waals surface area contributed by atoms with Crippen LogP contribution in [0.4, 0.5) is 0 Å². The van der Waals surface area contributed by atoms with Gasteiger partial charge in [-0.05, 0) is 13.0 Å². The molecule has 0 saturated heterocycles. The maximum Gasteiger partial charge on any atom is 0.215 e. The maximum atomic E-state index is 6.38. The highest BCUT2D eigenvalue weighted by atomic mass is 35.5. The third-order valence-corrected chi connectivity index (χ3v) is 4.01. The molecular formula is C17H13ClN4O. The van der Waals surface area contributed by atoms with Gasteiger partial charge in [-0.3, -0.25) is 4.40 Å². The highest BCUT2D eigenvalue weighted by molar-refractivity contribution is 6.33. The lowest BCUT2D eigenvalue weighted by Crippen LogP contribution is -1.99. The van der Waals surface area contributed by atoms with E-state index in [9.17, 15) is 0 Å². The zero-order valence-electron chi connectivity index (χ0n) is 12.6. The lowest BCUT2D eigenvalue weighted by molar-refractivity contribution is 0.399. The van der Waals surface area contributed by atoms with Gasteiger partial charge in [0.05, 0.1) is 12.8 Å². The van der Waals surface area contributed by atoms with E-state index in [2.05, 4.69) is 15.0 Å². The van der Waals surface area contributed by atoms with Crippen molar-refractivity contribution in [2.24, 2.45) is 0 Å². The summed E-state index contributed by atoms with van der Waals surface area (Å²) in [6, 6.07) is 13.6. The van der Waals surface area contributed by atoms with Crippen LogP contribution < -0.4 is 4.74 Å². The van der Waals surface area contributed by atoms with Crippen molar-refractivity contribution in [3.05, 3.63) is 53.3 Å². The lowest BCUT2D eigenvalue weighted by Gasteiger charge is -2.08. The minimum absolute atomic E-state index is 0.414. The van der Waals surface area contributed by atoms with Crippen molar-refractivity contribution < 1.29 is 4.74 Å². The zero-order valence-corrected chi connectivity index (χ0v) is 13.4. The third kappa shape index (κ3) is 2.12. The summed E-state index contributed by atoms with van der Waals surface area (Å²) in [5.41, 5.74) is 3.93. The molecule has 114 valence electrons. The van der Waals surface area contributed by atoms with Gasteiger partial charge in [-0.1, -0.05) is 41.9 Å². The molecule has 0 aliphatic heterocycles. The second-order valence-corrected chi connectivity index (χ2v) is 5.53. The Balaban J connectivity index is 2.20. The average Bonchev–Trinajstić information content (AvgIpc) is 2.94. The summed E-state index contributed by atoms with van der Waals surface area (Å²) in [6.07, 6.45) is 0. The van der Waals surface area contributed by atoms with E-state index >= 15 is 0 Å². The number of imidazole rings is 1. The number of methoxy groups -OCH3 is 1. The van der Waals surface area contributed by atoms with E-state index in [1.807, 2.05) is 47.7 Å². The summed E-state index contributed by atoms with van der Waals surface area (Å²) in [6.45, 7) is 1.92. The molecule has 0 spiro atoms. The van der Waals surface area contributed by atoms with Crippen LogP contribution in [0.2, 0.25) is 5.15 Å². The molecule has 0 saturated carbocycles. The first kappa shape index (κ1) is 14.0. The molecule has 4 aromatic rings. The van der Waals surface area contributed by atoms with Gasteiger partial charge in [0.2, 0.25) is 5.88 Å². The van der Waals surface area contributed by atoms with Gasteiger partial charge in [0.15, 0.2) is 10.8 Å². The molecule has 0 aliphatic carbocycles. The first-order valence-electron chi connectivity index (χ1n) is 7.14. The van der Waals surface area contributed by atoms with Crippen LogP contribution in [0.3, 0.4) is 0 Å². The zero-order chi connectivity index (χ0) is 16.0. The monoisotopic (exact) mass is 324 g/mol. The summed E-state index contributed by atoms with van der Waals surface area (Å²) in [5, 5.41) is 0.414. The van der Waals surface area contributed by atoms with E-state index in [4.69, 9.17) is 16.3 Å². The van der Waals surface area contributed by atoms with Crippen LogP contribution in [0.1, 0.15) is 5.69 Å². The molecule has 23 heavy (non-hydrogen) atoms. The molecule has 0 N–H and O–H groups in total. The normalized spacial score (nSPS) is 11.3. The molecule has 0 aliphatic rings. The second kappa shape index (κ2) is 5.21. The molecule has 0 fully saturated rings. The number of pyridine rings is 1. The number of hydrogen-bond donors (Lipinski definition) is 0. The quantitative estimate of drug-likeness (QED) is 0.561. The van der Waals surface area contributed by atoms with E-state index in [-0.39, 0.29) is 0 Å². The average molecular weight is 325 g/mol. The highest BCUT2D eigenvalue weighted by Gasteiger charge is 2.18. The molecule has 0 atom stereocenters. The molecule has 3 aromatic heterocycles. The predicted octanol–water partition coefficient (Wildman–Crippen LogP) is 3.91. The number of fused-ring (bicyclic) bond motifs is 3. The SMILES string of the molecule is COc1ccc2nc(Cl)c3c(C)nc(-c4ccccc4)n3c2n1. The Morgan fingerprint density at radius 2 is 1.78 bits per heavy atom. The minimum atomic E-state index is 0.414. The number of aryl methyl sites for hydroxylation is 1. The van der Waals surface area contributed by atoms with E-state index in [1.165, 1.54) is 0 Å². The molecule has 6 heteroatoms. The van der Waals surface area contributed by atoms with Gasteiger partial charge in [0.1, 0.15) is 16.9 Å². The van der Waals surface area contributed by atoms with E-state index in [0.717, 1.165) is 22.6 Å².